The minimum atomic E-state index is 0.0822. The molecule has 0 fully saturated rings. The van der Waals surface area contributed by atoms with E-state index in [1.807, 2.05) is 24.3 Å². The summed E-state index contributed by atoms with van der Waals surface area (Å²) in [5.74, 6) is 0.987. The van der Waals surface area contributed by atoms with Crippen LogP contribution in [0.15, 0.2) is 71.6 Å². The van der Waals surface area contributed by atoms with Gasteiger partial charge in [-0.05, 0) is 47.6 Å². The van der Waals surface area contributed by atoms with Gasteiger partial charge in [0.25, 0.3) is 0 Å². The van der Waals surface area contributed by atoms with Crippen LogP contribution in [0.5, 0.6) is 5.75 Å². The molecule has 0 saturated carbocycles. The molecule has 0 aliphatic carbocycles. The predicted molar refractivity (Wildman–Crippen MR) is 118 cm³/mol. The molecular weight excluding hydrogens is 378 g/mol. The third kappa shape index (κ3) is 4.72. The summed E-state index contributed by atoms with van der Waals surface area (Å²) in [4.78, 5) is 15.0. The fourth-order valence-corrected chi connectivity index (χ4v) is 4.30. The van der Waals surface area contributed by atoms with E-state index in [2.05, 4.69) is 53.6 Å². The van der Waals surface area contributed by atoms with Crippen LogP contribution < -0.4 is 4.74 Å². The van der Waals surface area contributed by atoms with Gasteiger partial charge in [0, 0.05) is 30.1 Å². The molecule has 0 radical (unpaired) electrons. The third-order valence-electron chi connectivity index (χ3n) is 5.30. The van der Waals surface area contributed by atoms with Crippen molar-refractivity contribution in [1.82, 2.24) is 4.90 Å². The summed E-state index contributed by atoms with van der Waals surface area (Å²) >= 11 is 1.71. The summed E-state index contributed by atoms with van der Waals surface area (Å²) in [6, 6.07) is 22.8. The van der Waals surface area contributed by atoms with Crippen molar-refractivity contribution >= 4 is 17.5 Å². The van der Waals surface area contributed by atoms with Crippen molar-refractivity contribution in [3.63, 3.8) is 0 Å². The Hall–Kier alpha value is -2.56. The van der Waals surface area contributed by atoms with Crippen molar-refractivity contribution in [3.05, 3.63) is 94.5 Å². The van der Waals surface area contributed by atoms with Crippen LogP contribution in [-0.4, -0.2) is 16.9 Å². The Labute approximate surface area is 176 Å². The van der Waals surface area contributed by atoms with Gasteiger partial charge in [-0.3, -0.25) is 9.69 Å². The summed E-state index contributed by atoms with van der Waals surface area (Å²) in [7, 11) is 0. The number of ether oxygens (including phenoxy) is 1. The first-order chi connectivity index (χ1) is 14.1. The van der Waals surface area contributed by atoms with E-state index in [4.69, 9.17) is 4.74 Å². The summed E-state index contributed by atoms with van der Waals surface area (Å²) in [5.41, 5.74) is 5.97. The summed E-state index contributed by atoms with van der Waals surface area (Å²) in [6.45, 7) is 5.04. The molecule has 4 rings (SSSR count). The number of rotatable bonds is 7. The molecular formula is C25H25NO2S. The van der Waals surface area contributed by atoms with E-state index in [1.165, 1.54) is 16.7 Å². The van der Waals surface area contributed by atoms with Gasteiger partial charge in [0.2, 0.25) is 0 Å². The average molecular weight is 404 g/mol. The number of ketones is 1. The van der Waals surface area contributed by atoms with Crippen LogP contribution >= 0.6 is 11.8 Å². The molecule has 29 heavy (non-hydrogen) atoms. The van der Waals surface area contributed by atoms with Gasteiger partial charge < -0.3 is 4.74 Å². The molecule has 0 N–H and O–H groups in total. The second-order valence-corrected chi connectivity index (χ2v) is 8.29. The number of hydrogen-bond donors (Lipinski definition) is 0. The predicted octanol–water partition coefficient (Wildman–Crippen LogP) is 5.71. The van der Waals surface area contributed by atoms with Crippen molar-refractivity contribution in [3.8, 4) is 5.75 Å². The van der Waals surface area contributed by atoms with Crippen LogP contribution in [0.25, 0.3) is 0 Å². The zero-order valence-electron chi connectivity index (χ0n) is 16.9. The van der Waals surface area contributed by atoms with Crippen molar-refractivity contribution in [2.45, 2.75) is 38.1 Å². The van der Waals surface area contributed by atoms with Crippen molar-refractivity contribution in [1.29, 1.82) is 0 Å². The Bertz CT molecular complexity index is 989. The number of hydrogen-bond acceptors (Lipinski definition) is 4. The second-order valence-electron chi connectivity index (χ2n) is 7.44. The monoisotopic (exact) mass is 403 g/mol. The first-order valence-electron chi connectivity index (χ1n) is 9.81. The molecule has 0 spiro atoms. The highest BCUT2D eigenvalue weighted by atomic mass is 32.2. The topological polar surface area (TPSA) is 29.5 Å². The van der Waals surface area contributed by atoms with E-state index in [1.54, 1.807) is 18.7 Å². The number of carbonyl (C=O) groups excluding carboxylic acids is 1. The van der Waals surface area contributed by atoms with Gasteiger partial charge in [-0.2, -0.15) is 0 Å². The highest BCUT2D eigenvalue weighted by molar-refractivity contribution is 7.98. The number of nitrogens with zero attached hydrogens (tertiary/aromatic N) is 1. The molecule has 0 unspecified atom stereocenters. The van der Waals surface area contributed by atoms with Crippen LogP contribution in [0.1, 0.15) is 39.5 Å². The lowest BCUT2D eigenvalue weighted by Crippen LogP contribution is -2.15. The molecule has 0 aromatic heterocycles. The van der Waals surface area contributed by atoms with E-state index < -0.39 is 0 Å². The molecule has 1 heterocycles. The number of Topliss-reactive ketones (excluding diaryl/α,β-unsaturated/α-hetero) is 1. The van der Waals surface area contributed by atoms with Crippen molar-refractivity contribution < 1.29 is 9.53 Å². The molecule has 0 bridgehead atoms. The van der Waals surface area contributed by atoms with Gasteiger partial charge in [-0.15, -0.1) is 11.8 Å². The Kier molecular flexibility index (Phi) is 6.02. The average Bonchev–Trinajstić information content (AvgIpc) is 3.15. The van der Waals surface area contributed by atoms with Crippen LogP contribution in [0.3, 0.4) is 0 Å². The third-order valence-corrected chi connectivity index (χ3v) is 6.05. The van der Waals surface area contributed by atoms with Crippen LogP contribution in [0.2, 0.25) is 0 Å². The van der Waals surface area contributed by atoms with Gasteiger partial charge in [-0.1, -0.05) is 54.6 Å². The molecule has 148 valence electrons. The molecule has 3 aromatic rings. The Morgan fingerprint density at radius 3 is 2.24 bits per heavy atom. The molecule has 1 aliphatic rings. The Balaban J connectivity index is 1.40. The van der Waals surface area contributed by atoms with Gasteiger partial charge in [0.05, 0.1) is 0 Å². The number of carbonyl (C=O) groups is 1. The maximum Gasteiger partial charge on any atom is 0.159 e. The smallest absolute Gasteiger partial charge is 0.159 e. The molecule has 4 heteroatoms. The van der Waals surface area contributed by atoms with E-state index >= 15 is 0 Å². The first-order valence-corrected chi connectivity index (χ1v) is 11.0. The number of fused-ring (bicyclic) bond motifs is 1. The fraction of sp³-hybridized carbons (Fsp3) is 0.240. The van der Waals surface area contributed by atoms with Crippen LogP contribution in [0.4, 0.5) is 0 Å². The quantitative estimate of drug-likeness (QED) is 0.373. The molecule has 0 saturated heterocycles. The Morgan fingerprint density at radius 2 is 1.62 bits per heavy atom. The van der Waals surface area contributed by atoms with E-state index in [9.17, 15) is 4.79 Å². The highest BCUT2D eigenvalue weighted by Crippen LogP contribution is 2.31. The lowest BCUT2D eigenvalue weighted by atomic mass is 10.1. The fourth-order valence-electron chi connectivity index (χ4n) is 3.70. The molecule has 0 amide bonds. The number of thioether (sulfide) groups is 1. The van der Waals surface area contributed by atoms with Gasteiger partial charge in [0.15, 0.2) is 5.78 Å². The Morgan fingerprint density at radius 1 is 0.966 bits per heavy atom. The lowest BCUT2D eigenvalue weighted by molar-refractivity contribution is 0.101. The maximum atomic E-state index is 11.4. The van der Waals surface area contributed by atoms with Gasteiger partial charge in [-0.25, -0.2) is 0 Å². The van der Waals surface area contributed by atoms with Crippen LogP contribution in [-0.2, 0) is 26.2 Å². The first kappa shape index (κ1) is 19.7. The molecule has 3 nitrogen and oxygen atoms in total. The second kappa shape index (κ2) is 8.85. The summed E-state index contributed by atoms with van der Waals surface area (Å²) in [5, 5.41) is 0. The van der Waals surface area contributed by atoms with E-state index in [-0.39, 0.29) is 5.78 Å². The SMILES string of the molecule is CSc1cc(CN2Cc3ccccc3C2)ccc1OCc1ccc(C(C)=O)cc1. The summed E-state index contributed by atoms with van der Waals surface area (Å²) in [6.07, 6.45) is 2.08. The molecule has 0 atom stereocenters. The van der Waals surface area contributed by atoms with Gasteiger partial charge in [0.1, 0.15) is 12.4 Å². The molecule has 1 aliphatic heterocycles. The maximum absolute atomic E-state index is 11.4. The minimum Gasteiger partial charge on any atom is -0.488 e. The zero-order chi connectivity index (χ0) is 20.2. The van der Waals surface area contributed by atoms with Crippen molar-refractivity contribution in [2.24, 2.45) is 0 Å². The summed E-state index contributed by atoms with van der Waals surface area (Å²) < 4.78 is 6.07. The standard InChI is InChI=1S/C25H25NO2S/c1-18(27)21-10-7-19(8-11-21)17-28-24-12-9-20(13-25(24)29-2)14-26-15-22-5-3-4-6-23(22)16-26/h3-13H,14-17H2,1-2H3. The minimum absolute atomic E-state index is 0.0822. The van der Waals surface area contributed by atoms with E-state index in [0.29, 0.717) is 6.61 Å². The molecule has 3 aromatic carbocycles. The largest absolute Gasteiger partial charge is 0.488 e. The van der Waals surface area contributed by atoms with Gasteiger partial charge >= 0.3 is 0 Å². The highest BCUT2D eigenvalue weighted by Gasteiger charge is 2.18. The van der Waals surface area contributed by atoms with Crippen molar-refractivity contribution in [2.75, 3.05) is 6.26 Å². The van der Waals surface area contributed by atoms with Crippen LogP contribution in [0, 0.1) is 0 Å². The zero-order valence-corrected chi connectivity index (χ0v) is 17.7. The normalized spacial score (nSPS) is 13.3. The lowest BCUT2D eigenvalue weighted by Gasteiger charge is -2.17. The number of benzene rings is 3. The van der Waals surface area contributed by atoms with E-state index in [0.717, 1.165) is 41.4 Å².